The number of carbonyl (C=O) groups excluding carboxylic acids is 1. The Kier molecular flexibility index (Phi) is 6.33. The predicted molar refractivity (Wildman–Crippen MR) is 113 cm³/mol. The van der Waals surface area contributed by atoms with Gasteiger partial charge in [-0.3, -0.25) is 14.2 Å². The summed E-state index contributed by atoms with van der Waals surface area (Å²) in [6.07, 6.45) is 1.14. The average Bonchev–Trinajstić information content (AvgIpc) is 2.71. The van der Waals surface area contributed by atoms with Gasteiger partial charge in [-0.1, -0.05) is 30.7 Å². The molecule has 1 atom stereocenters. The van der Waals surface area contributed by atoms with Crippen molar-refractivity contribution in [2.45, 2.75) is 39.7 Å². The highest BCUT2D eigenvalue weighted by Crippen LogP contribution is 2.25. The van der Waals surface area contributed by atoms with Gasteiger partial charge >= 0.3 is 0 Å². The lowest BCUT2D eigenvalue weighted by atomic mass is 10.1. The van der Waals surface area contributed by atoms with E-state index in [0.29, 0.717) is 35.4 Å². The molecule has 152 valence electrons. The van der Waals surface area contributed by atoms with Gasteiger partial charge in [0.2, 0.25) is 5.91 Å². The molecule has 0 N–H and O–H groups in total. The van der Waals surface area contributed by atoms with Gasteiger partial charge in [0.25, 0.3) is 5.56 Å². The molecule has 0 spiro atoms. The van der Waals surface area contributed by atoms with Crippen molar-refractivity contribution in [3.63, 3.8) is 0 Å². The molecule has 0 fully saturated rings. The zero-order valence-corrected chi connectivity index (χ0v) is 17.4. The van der Waals surface area contributed by atoms with Crippen LogP contribution in [0, 0.1) is 5.82 Å². The number of carbonyl (C=O) groups is 1. The zero-order valence-electron chi connectivity index (χ0n) is 16.7. The molecule has 1 amide bonds. The average molecular weight is 416 g/mol. The number of hydrogen-bond donors (Lipinski definition) is 0. The van der Waals surface area contributed by atoms with Crippen molar-refractivity contribution >= 4 is 28.4 Å². The first-order chi connectivity index (χ1) is 13.9. The Bertz CT molecular complexity index is 1110. The van der Waals surface area contributed by atoms with Crippen LogP contribution in [0.4, 0.5) is 4.39 Å². The Morgan fingerprint density at radius 3 is 2.62 bits per heavy atom. The van der Waals surface area contributed by atoms with Crippen LogP contribution in [0.25, 0.3) is 16.6 Å². The topological polar surface area (TPSA) is 55.2 Å². The first-order valence-corrected chi connectivity index (χ1v) is 10.0. The number of aromatic nitrogens is 2. The molecular weight excluding hydrogens is 393 g/mol. The fourth-order valence-electron chi connectivity index (χ4n) is 3.47. The maximum atomic E-state index is 13.7. The van der Waals surface area contributed by atoms with Gasteiger partial charge in [-0.05, 0) is 50.6 Å². The van der Waals surface area contributed by atoms with E-state index >= 15 is 0 Å². The van der Waals surface area contributed by atoms with Crippen molar-refractivity contribution in [1.82, 2.24) is 14.5 Å². The predicted octanol–water partition coefficient (Wildman–Crippen LogP) is 4.89. The zero-order chi connectivity index (χ0) is 21.1. The van der Waals surface area contributed by atoms with E-state index in [-0.39, 0.29) is 16.5 Å². The van der Waals surface area contributed by atoms with E-state index in [1.165, 1.54) is 22.8 Å². The van der Waals surface area contributed by atoms with Crippen LogP contribution in [0.1, 0.15) is 45.5 Å². The molecular formula is C22H23ClFN3O2. The molecule has 3 aromatic rings. The highest BCUT2D eigenvalue weighted by Gasteiger charge is 2.25. The molecule has 0 saturated carbocycles. The highest BCUT2D eigenvalue weighted by molar-refractivity contribution is 6.30. The molecule has 1 heterocycles. The van der Waals surface area contributed by atoms with Gasteiger partial charge in [0, 0.05) is 13.0 Å². The molecule has 0 aliphatic heterocycles. The molecule has 0 aliphatic rings. The number of para-hydroxylation sites is 1. The number of nitrogens with zero attached hydrogens (tertiary/aromatic N) is 3. The minimum Gasteiger partial charge on any atom is -0.333 e. The van der Waals surface area contributed by atoms with E-state index in [4.69, 9.17) is 16.6 Å². The van der Waals surface area contributed by atoms with Gasteiger partial charge in [-0.25, -0.2) is 9.37 Å². The van der Waals surface area contributed by atoms with E-state index in [9.17, 15) is 14.0 Å². The van der Waals surface area contributed by atoms with Crippen LogP contribution in [0.5, 0.6) is 0 Å². The van der Waals surface area contributed by atoms with Crippen molar-refractivity contribution in [2.75, 3.05) is 6.54 Å². The highest BCUT2D eigenvalue weighted by atomic mass is 35.5. The number of fused-ring (bicyclic) bond motifs is 1. The van der Waals surface area contributed by atoms with Crippen molar-refractivity contribution in [3.8, 4) is 5.69 Å². The van der Waals surface area contributed by atoms with E-state index in [1.807, 2.05) is 26.8 Å². The van der Waals surface area contributed by atoms with Crippen LogP contribution in [-0.2, 0) is 4.79 Å². The van der Waals surface area contributed by atoms with Crippen molar-refractivity contribution in [3.05, 3.63) is 69.5 Å². The smallest absolute Gasteiger partial charge is 0.266 e. The summed E-state index contributed by atoms with van der Waals surface area (Å²) in [5.41, 5.74) is 0.655. The molecule has 29 heavy (non-hydrogen) atoms. The number of amides is 1. The molecule has 7 heteroatoms. The first kappa shape index (κ1) is 21.0. The van der Waals surface area contributed by atoms with Gasteiger partial charge < -0.3 is 4.90 Å². The van der Waals surface area contributed by atoms with E-state index < -0.39 is 11.9 Å². The van der Waals surface area contributed by atoms with Crippen LogP contribution >= 0.6 is 11.6 Å². The van der Waals surface area contributed by atoms with Gasteiger partial charge in [-0.15, -0.1) is 0 Å². The number of benzene rings is 2. The molecule has 2 aromatic carbocycles. The lowest BCUT2D eigenvalue weighted by Gasteiger charge is -2.29. The second-order valence-electron chi connectivity index (χ2n) is 6.83. The lowest BCUT2D eigenvalue weighted by Crippen LogP contribution is -2.37. The summed E-state index contributed by atoms with van der Waals surface area (Å²) in [5, 5.41) is 0.349. The Morgan fingerprint density at radius 1 is 1.24 bits per heavy atom. The van der Waals surface area contributed by atoms with Crippen molar-refractivity contribution < 1.29 is 9.18 Å². The first-order valence-electron chi connectivity index (χ1n) is 9.65. The minimum absolute atomic E-state index is 0.00593. The second-order valence-corrected chi connectivity index (χ2v) is 7.24. The van der Waals surface area contributed by atoms with E-state index in [0.717, 1.165) is 6.42 Å². The normalized spacial score (nSPS) is 12.2. The Hall–Kier alpha value is -2.73. The third-order valence-corrected chi connectivity index (χ3v) is 5.22. The van der Waals surface area contributed by atoms with Gasteiger partial charge in [0.05, 0.1) is 27.7 Å². The molecule has 5 nitrogen and oxygen atoms in total. The SMILES string of the molecule is CCCC(=O)N(CC)C(C)c1nc2ccccc2c(=O)n1-c1ccc(F)c(Cl)c1. The summed E-state index contributed by atoms with van der Waals surface area (Å²) in [6.45, 7) is 6.16. The van der Waals surface area contributed by atoms with Crippen LogP contribution < -0.4 is 5.56 Å². The molecule has 1 unspecified atom stereocenters. The van der Waals surface area contributed by atoms with Crippen LogP contribution in [0.15, 0.2) is 47.3 Å². The maximum absolute atomic E-state index is 13.7. The summed E-state index contributed by atoms with van der Waals surface area (Å²) in [7, 11) is 0. The summed E-state index contributed by atoms with van der Waals surface area (Å²) < 4.78 is 15.1. The Balaban J connectivity index is 2.28. The van der Waals surface area contributed by atoms with Crippen LogP contribution in [0.3, 0.4) is 0 Å². The van der Waals surface area contributed by atoms with Gasteiger partial charge in [0.1, 0.15) is 11.6 Å². The quantitative estimate of drug-likeness (QED) is 0.576. The summed E-state index contributed by atoms with van der Waals surface area (Å²) in [5.74, 6) is -0.170. The Morgan fingerprint density at radius 2 is 1.97 bits per heavy atom. The van der Waals surface area contributed by atoms with Gasteiger partial charge in [0.15, 0.2) is 0 Å². The monoisotopic (exact) mass is 415 g/mol. The number of halogens is 2. The largest absolute Gasteiger partial charge is 0.333 e. The van der Waals surface area contributed by atoms with E-state index in [1.54, 1.807) is 23.1 Å². The Labute approximate surface area is 173 Å². The number of rotatable bonds is 6. The van der Waals surface area contributed by atoms with Crippen LogP contribution in [0.2, 0.25) is 5.02 Å². The fraction of sp³-hybridized carbons (Fsp3) is 0.318. The molecule has 0 bridgehead atoms. The molecule has 1 aromatic heterocycles. The lowest BCUT2D eigenvalue weighted by molar-refractivity contribution is -0.133. The standard InChI is InChI=1S/C22H23ClFN3O2/c1-4-8-20(28)26(5-2)14(3)21-25-19-10-7-6-9-16(19)22(29)27(21)15-11-12-18(24)17(23)13-15/h6-7,9-14H,4-5,8H2,1-3H3. The van der Waals surface area contributed by atoms with E-state index in [2.05, 4.69) is 0 Å². The summed E-state index contributed by atoms with van der Waals surface area (Å²) >= 11 is 5.97. The molecule has 0 radical (unpaired) electrons. The third kappa shape index (κ3) is 4.03. The summed E-state index contributed by atoms with van der Waals surface area (Å²) in [6, 6.07) is 10.7. The summed E-state index contributed by atoms with van der Waals surface area (Å²) in [4.78, 5) is 32.4. The second kappa shape index (κ2) is 8.74. The van der Waals surface area contributed by atoms with Crippen molar-refractivity contribution in [2.24, 2.45) is 0 Å². The molecule has 0 saturated heterocycles. The van der Waals surface area contributed by atoms with Crippen LogP contribution in [-0.4, -0.2) is 26.9 Å². The third-order valence-electron chi connectivity index (χ3n) is 4.93. The van der Waals surface area contributed by atoms with Gasteiger partial charge in [-0.2, -0.15) is 0 Å². The molecule has 3 rings (SSSR count). The molecule has 0 aliphatic carbocycles. The minimum atomic E-state index is -0.569. The number of hydrogen-bond acceptors (Lipinski definition) is 3. The maximum Gasteiger partial charge on any atom is 0.266 e. The fourth-order valence-corrected chi connectivity index (χ4v) is 3.64. The van der Waals surface area contributed by atoms with Crippen molar-refractivity contribution in [1.29, 1.82) is 0 Å².